The van der Waals surface area contributed by atoms with Gasteiger partial charge in [-0.3, -0.25) is 14.5 Å². The van der Waals surface area contributed by atoms with Gasteiger partial charge in [0.05, 0.1) is 13.7 Å². The summed E-state index contributed by atoms with van der Waals surface area (Å²) in [4.78, 5) is 27.0. The van der Waals surface area contributed by atoms with Gasteiger partial charge in [0, 0.05) is 31.7 Å². The Morgan fingerprint density at radius 1 is 1.25 bits per heavy atom. The molecule has 0 unspecified atom stereocenters. The van der Waals surface area contributed by atoms with Crippen molar-refractivity contribution in [1.29, 1.82) is 0 Å². The van der Waals surface area contributed by atoms with Crippen molar-refractivity contribution in [3.8, 4) is 5.75 Å². The minimum atomic E-state index is -0.336. The smallest absolute Gasteiger partial charge is 0.254 e. The molecule has 1 heterocycles. The van der Waals surface area contributed by atoms with Crippen molar-refractivity contribution in [1.82, 2.24) is 9.80 Å². The van der Waals surface area contributed by atoms with E-state index >= 15 is 0 Å². The molecule has 1 aromatic carbocycles. The molecule has 0 radical (unpaired) electrons. The summed E-state index contributed by atoms with van der Waals surface area (Å²) in [5.74, 6) is 0.323. The number of benzene rings is 1. The highest BCUT2D eigenvalue weighted by atomic mass is 16.5. The first-order chi connectivity index (χ1) is 9.60. The quantitative estimate of drug-likeness (QED) is 0.836. The molecule has 0 bridgehead atoms. The van der Waals surface area contributed by atoms with Crippen LogP contribution in [0.4, 0.5) is 0 Å². The number of piperazine rings is 1. The maximum atomic E-state index is 12.4. The average molecular weight is 277 g/mol. The van der Waals surface area contributed by atoms with E-state index in [9.17, 15) is 9.59 Å². The molecule has 1 aliphatic heterocycles. The number of primary amides is 1. The monoisotopic (exact) mass is 277 g/mol. The largest absolute Gasteiger partial charge is 0.497 e. The Hall–Kier alpha value is -2.08. The van der Waals surface area contributed by atoms with Crippen molar-refractivity contribution in [3.63, 3.8) is 0 Å². The molecular weight excluding hydrogens is 258 g/mol. The second kappa shape index (κ2) is 6.38. The summed E-state index contributed by atoms with van der Waals surface area (Å²) in [6.07, 6.45) is 0. The Balaban J connectivity index is 1.96. The number of nitrogens with two attached hydrogens (primary N) is 1. The summed E-state index contributed by atoms with van der Waals surface area (Å²) >= 11 is 0. The van der Waals surface area contributed by atoms with Gasteiger partial charge in [0.15, 0.2) is 0 Å². The molecule has 0 saturated carbocycles. The van der Waals surface area contributed by atoms with Gasteiger partial charge in [0.2, 0.25) is 5.91 Å². The van der Waals surface area contributed by atoms with Crippen LogP contribution >= 0.6 is 0 Å². The number of ether oxygens (including phenoxy) is 1. The average Bonchev–Trinajstić information content (AvgIpc) is 2.47. The van der Waals surface area contributed by atoms with Crippen LogP contribution in [0.3, 0.4) is 0 Å². The molecule has 2 N–H and O–H groups in total. The van der Waals surface area contributed by atoms with Crippen LogP contribution < -0.4 is 10.5 Å². The predicted octanol–water partition coefficient (Wildman–Crippen LogP) is -0.0617. The second-order valence-electron chi connectivity index (χ2n) is 4.77. The molecule has 6 nitrogen and oxygen atoms in total. The highest BCUT2D eigenvalue weighted by molar-refractivity contribution is 5.94. The van der Waals surface area contributed by atoms with Gasteiger partial charge < -0.3 is 15.4 Å². The summed E-state index contributed by atoms with van der Waals surface area (Å²) in [6.45, 7) is 2.78. The molecule has 1 fully saturated rings. The van der Waals surface area contributed by atoms with Gasteiger partial charge in [-0.2, -0.15) is 0 Å². The number of rotatable bonds is 4. The standard InChI is InChI=1S/C14H19N3O3/c1-20-12-4-2-3-11(9-12)14(19)17-7-5-16(6-8-17)10-13(15)18/h2-4,9H,5-8,10H2,1H3,(H2,15,18). The van der Waals surface area contributed by atoms with E-state index in [0.717, 1.165) is 0 Å². The van der Waals surface area contributed by atoms with E-state index in [1.54, 1.807) is 30.2 Å². The zero-order valence-corrected chi connectivity index (χ0v) is 11.5. The summed E-state index contributed by atoms with van der Waals surface area (Å²) in [5, 5.41) is 0. The van der Waals surface area contributed by atoms with Crippen molar-refractivity contribution in [3.05, 3.63) is 29.8 Å². The number of methoxy groups -OCH3 is 1. The van der Waals surface area contributed by atoms with Crippen LogP contribution in [0, 0.1) is 0 Å². The van der Waals surface area contributed by atoms with Crippen LogP contribution in [-0.4, -0.2) is 61.4 Å². The van der Waals surface area contributed by atoms with Crippen molar-refractivity contribution < 1.29 is 14.3 Å². The first-order valence-corrected chi connectivity index (χ1v) is 6.54. The maximum absolute atomic E-state index is 12.4. The highest BCUT2D eigenvalue weighted by Gasteiger charge is 2.22. The molecular formula is C14H19N3O3. The highest BCUT2D eigenvalue weighted by Crippen LogP contribution is 2.15. The fourth-order valence-electron chi connectivity index (χ4n) is 2.27. The molecule has 1 saturated heterocycles. The maximum Gasteiger partial charge on any atom is 0.254 e. The zero-order chi connectivity index (χ0) is 14.5. The lowest BCUT2D eigenvalue weighted by atomic mass is 10.1. The van der Waals surface area contributed by atoms with Crippen LogP contribution in [0.25, 0.3) is 0 Å². The fraction of sp³-hybridized carbons (Fsp3) is 0.429. The number of hydrogen-bond acceptors (Lipinski definition) is 4. The molecule has 0 aromatic heterocycles. The lowest BCUT2D eigenvalue weighted by molar-refractivity contribution is -0.119. The minimum Gasteiger partial charge on any atom is -0.497 e. The van der Waals surface area contributed by atoms with E-state index in [4.69, 9.17) is 10.5 Å². The SMILES string of the molecule is COc1cccc(C(=O)N2CCN(CC(N)=O)CC2)c1. The lowest BCUT2D eigenvalue weighted by Gasteiger charge is -2.34. The molecule has 6 heteroatoms. The van der Waals surface area contributed by atoms with Crippen molar-refractivity contribution in [2.75, 3.05) is 39.8 Å². The molecule has 0 spiro atoms. The van der Waals surface area contributed by atoms with Crippen molar-refractivity contribution in [2.24, 2.45) is 5.73 Å². The van der Waals surface area contributed by atoms with Gasteiger partial charge in [0.25, 0.3) is 5.91 Å². The molecule has 1 aliphatic rings. The normalized spacial score (nSPS) is 15.9. The summed E-state index contributed by atoms with van der Waals surface area (Å²) < 4.78 is 5.12. The number of nitrogens with zero attached hydrogens (tertiary/aromatic N) is 2. The van der Waals surface area contributed by atoms with E-state index in [1.165, 1.54) is 0 Å². The minimum absolute atomic E-state index is 0.0115. The summed E-state index contributed by atoms with van der Waals surface area (Å²) in [6, 6.07) is 7.12. The Bertz CT molecular complexity index is 496. The van der Waals surface area contributed by atoms with Crippen LogP contribution in [-0.2, 0) is 4.79 Å². The topological polar surface area (TPSA) is 75.9 Å². The molecule has 108 valence electrons. The molecule has 0 atom stereocenters. The van der Waals surface area contributed by atoms with Crippen molar-refractivity contribution in [2.45, 2.75) is 0 Å². The van der Waals surface area contributed by atoms with E-state index in [0.29, 0.717) is 37.5 Å². The van der Waals surface area contributed by atoms with Crippen molar-refractivity contribution >= 4 is 11.8 Å². The molecule has 0 aliphatic carbocycles. The molecule has 2 amide bonds. The van der Waals surface area contributed by atoms with Gasteiger partial charge in [-0.25, -0.2) is 0 Å². The van der Waals surface area contributed by atoms with Gasteiger partial charge in [-0.05, 0) is 18.2 Å². The van der Waals surface area contributed by atoms with E-state index < -0.39 is 0 Å². The van der Waals surface area contributed by atoms with E-state index in [1.807, 2.05) is 11.0 Å². The van der Waals surface area contributed by atoms with Crippen LogP contribution in [0.5, 0.6) is 5.75 Å². The number of amides is 2. The number of carbonyl (C=O) groups is 2. The van der Waals surface area contributed by atoms with Crippen LogP contribution in [0.1, 0.15) is 10.4 Å². The lowest BCUT2D eigenvalue weighted by Crippen LogP contribution is -2.50. The number of hydrogen-bond donors (Lipinski definition) is 1. The van der Waals surface area contributed by atoms with Crippen LogP contribution in [0.15, 0.2) is 24.3 Å². The third-order valence-corrected chi connectivity index (χ3v) is 3.36. The van der Waals surface area contributed by atoms with Crippen LogP contribution in [0.2, 0.25) is 0 Å². The molecule has 2 rings (SSSR count). The predicted molar refractivity (Wildman–Crippen MR) is 74.5 cm³/mol. The third kappa shape index (κ3) is 3.48. The second-order valence-corrected chi connectivity index (χ2v) is 4.77. The Morgan fingerprint density at radius 2 is 1.95 bits per heavy atom. The Labute approximate surface area is 118 Å². The van der Waals surface area contributed by atoms with E-state index in [-0.39, 0.29) is 18.4 Å². The third-order valence-electron chi connectivity index (χ3n) is 3.36. The molecule has 1 aromatic rings. The fourth-order valence-corrected chi connectivity index (χ4v) is 2.27. The van der Waals surface area contributed by atoms with Gasteiger partial charge >= 0.3 is 0 Å². The van der Waals surface area contributed by atoms with Gasteiger partial charge in [-0.1, -0.05) is 6.07 Å². The zero-order valence-electron chi connectivity index (χ0n) is 11.5. The number of carbonyl (C=O) groups excluding carboxylic acids is 2. The van der Waals surface area contributed by atoms with Gasteiger partial charge in [-0.15, -0.1) is 0 Å². The Morgan fingerprint density at radius 3 is 2.55 bits per heavy atom. The summed E-state index contributed by atoms with van der Waals surface area (Å²) in [5.41, 5.74) is 5.78. The Kier molecular flexibility index (Phi) is 4.57. The molecule has 20 heavy (non-hydrogen) atoms. The first-order valence-electron chi connectivity index (χ1n) is 6.54. The van der Waals surface area contributed by atoms with Gasteiger partial charge in [0.1, 0.15) is 5.75 Å². The summed E-state index contributed by atoms with van der Waals surface area (Å²) in [7, 11) is 1.58. The first kappa shape index (κ1) is 14.3. The van der Waals surface area contributed by atoms with E-state index in [2.05, 4.69) is 0 Å².